The van der Waals surface area contributed by atoms with Crippen LogP contribution in [0.3, 0.4) is 0 Å². The summed E-state index contributed by atoms with van der Waals surface area (Å²) in [5, 5.41) is 8.56. The second kappa shape index (κ2) is 15.6. The van der Waals surface area contributed by atoms with E-state index < -0.39 is 6.36 Å². The molecular formula is C22H37F3O2. The van der Waals surface area contributed by atoms with Crippen LogP contribution in [-0.2, 0) is 0 Å². The molecule has 0 amide bonds. The lowest BCUT2D eigenvalue weighted by Crippen LogP contribution is -2.17. The van der Waals surface area contributed by atoms with Gasteiger partial charge in [0, 0.05) is 6.61 Å². The van der Waals surface area contributed by atoms with E-state index in [1.54, 1.807) is 6.07 Å². The Labute approximate surface area is 163 Å². The molecule has 0 aliphatic carbocycles. The maximum absolute atomic E-state index is 12.1. The molecule has 1 atom stereocenters. The first-order chi connectivity index (χ1) is 12.6. The van der Waals surface area contributed by atoms with Gasteiger partial charge in [-0.1, -0.05) is 66.5 Å². The number of hydrogen-bond donors (Lipinski definition) is 1. The van der Waals surface area contributed by atoms with Crippen LogP contribution in [0.5, 0.6) is 5.75 Å². The van der Waals surface area contributed by atoms with Gasteiger partial charge in [-0.15, -0.1) is 13.2 Å². The number of aliphatic hydroxyl groups excluding tert-OH is 1. The van der Waals surface area contributed by atoms with Gasteiger partial charge in [0.05, 0.1) is 0 Å². The van der Waals surface area contributed by atoms with Crippen LogP contribution in [0.2, 0.25) is 0 Å². The molecule has 0 fully saturated rings. The number of halogens is 3. The van der Waals surface area contributed by atoms with Crippen LogP contribution in [0.25, 0.3) is 5.57 Å². The van der Waals surface area contributed by atoms with Crippen LogP contribution in [0.15, 0.2) is 24.8 Å². The molecule has 0 aromatic heterocycles. The number of alkyl halides is 3. The number of allylic oxidation sites excluding steroid dienone is 1. The van der Waals surface area contributed by atoms with E-state index in [1.165, 1.54) is 31.4 Å². The summed E-state index contributed by atoms with van der Waals surface area (Å²) in [6.45, 7) is 16.3. The fourth-order valence-electron chi connectivity index (χ4n) is 2.26. The molecule has 2 nitrogen and oxygen atoms in total. The summed E-state index contributed by atoms with van der Waals surface area (Å²) in [5.74, 6) is 0.310. The zero-order chi connectivity index (χ0) is 21.5. The Morgan fingerprint density at radius 3 is 2.22 bits per heavy atom. The standard InChI is InChI=1S/C13H15F3O.C7H16O.C2H6/c1-4-5-9(2)12-8-11(7-6-10(12)3)17-13(14,15)16;1-3-4-5-7(2)6-8;1-2/h6-8H,2,4-5H2,1,3H3;7-8H,3-6H2,1-2H3;1-2H3. The molecule has 1 rings (SSSR count). The van der Waals surface area contributed by atoms with E-state index in [4.69, 9.17) is 5.11 Å². The molecule has 0 spiro atoms. The number of unbranched alkanes of at least 4 members (excludes halogenated alkanes) is 1. The fourth-order valence-corrected chi connectivity index (χ4v) is 2.26. The fraction of sp³-hybridized carbons (Fsp3) is 0.636. The molecule has 1 aromatic rings. The van der Waals surface area contributed by atoms with Gasteiger partial charge < -0.3 is 9.84 Å². The van der Waals surface area contributed by atoms with E-state index in [-0.39, 0.29) is 5.75 Å². The van der Waals surface area contributed by atoms with Crippen molar-refractivity contribution in [2.45, 2.75) is 80.0 Å². The first kappa shape index (κ1) is 27.7. The normalized spacial score (nSPS) is 11.5. The average Bonchev–Trinajstić information content (AvgIpc) is 2.62. The molecule has 0 saturated carbocycles. The summed E-state index contributed by atoms with van der Waals surface area (Å²) < 4.78 is 40.1. The maximum atomic E-state index is 12.1. The van der Waals surface area contributed by atoms with Crippen molar-refractivity contribution in [2.75, 3.05) is 6.61 Å². The summed E-state index contributed by atoms with van der Waals surface area (Å²) in [4.78, 5) is 0. The highest BCUT2D eigenvalue weighted by Gasteiger charge is 2.31. The van der Waals surface area contributed by atoms with E-state index in [1.807, 2.05) is 27.7 Å². The van der Waals surface area contributed by atoms with Crippen molar-refractivity contribution >= 4 is 5.57 Å². The smallest absolute Gasteiger partial charge is 0.406 e. The van der Waals surface area contributed by atoms with Crippen molar-refractivity contribution in [3.8, 4) is 5.75 Å². The lowest BCUT2D eigenvalue weighted by atomic mass is 9.98. The van der Waals surface area contributed by atoms with Crippen LogP contribution < -0.4 is 4.74 Å². The lowest BCUT2D eigenvalue weighted by molar-refractivity contribution is -0.274. The molecule has 5 heteroatoms. The van der Waals surface area contributed by atoms with Crippen molar-refractivity contribution in [3.05, 3.63) is 35.9 Å². The van der Waals surface area contributed by atoms with Crippen molar-refractivity contribution in [1.29, 1.82) is 0 Å². The third kappa shape index (κ3) is 14.3. The molecule has 158 valence electrons. The number of aryl methyl sites for hydroxylation is 1. The molecule has 0 aliphatic heterocycles. The molecule has 0 heterocycles. The number of benzene rings is 1. The van der Waals surface area contributed by atoms with Gasteiger partial charge in [-0.3, -0.25) is 0 Å². The molecule has 0 aliphatic rings. The predicted octanol–water partition coefficient (Wildman–Crippen LogP) is 7.54. The molecule has 0 saturated heterocycles. The zero-order valence-electron chi connectivity index (χ0n) is 17.7. The minimum absolute atomic E-state index is 0.199. The van der Waals surface area contributed by atoms with Crippen LogP contribution in [0.1, 0.15) is 77.8 Å². The lowest BCUT2D eigenvalue weighted by Gasteiger charge is -2.13. The van der Waals surface area contributed by atoms with Crippen LogP contribution in [0.4, 0.5) is 13.2 Å². The van der Waals surface area contributed by atoms with E-state index >= 15 is 0 Å². The Balaban J connectivity index is 0. The molecule has 0 bridgehead atoms. The van der Waals surface area contributed by atoms with Crippen LogP contribution in [0, 0.1) is 12.8 Å². The monoisotopic (exact) mass is 390 g/mol. The molecule has 1 unspecified atom stereocenters. The summed E-state index contributed by atoms with van der Waals surface area (Å²) in [5.41, 5.74) is 2.46. The minimum atomic E-state index is -4.65. The number of hydrogen-bond acceptors (Lipinski definition) is 2. The Hall–Kier alpha value is -1.49. The number of rotatable bonds is 8. The van der Waals surface area contributed by atoms with Crippen LogP contribution in [-0.4, -0.2) is 18.1 Å². The number of ether oxygens (including phenoxy) is 1. The highest BCUT2D eigenvalue weighted by molar-refractivity contribution is 5.67. The quantitative estimate of drug-likeness (QED) is 0.497. The minimum Gasteiger partial charge on any atom is -0.406 e. The van der Waals surface area contributed by atoms with Gasteiger partial charge in [0.2, 0.25) is 0 Å². The largest absolute Gasteiger partial charge is 0.573 e. The maximum Gasteiger partial charge on any atom is 0.573 e. The molecule has 1 aromatic carbocycles. The van der Waals surface area contributed by atoms with Gasteiger partial charge >= 0.3 is 6.36 Å². The van der Waals surface area contributed by atoms with Gasteiger partial charge in [-0.25, -0.2) is 0 Å². The third-order valence-electron chi connectivity index (χ3n) is 3.74. The first-order valence-corrected chi connectivity index (χ1v) is 9.79. The van der Waals surface area contributed by atoms with E-state index in [9.17, 15) is 13.2 Å². The summed E-state index contributed by atoms with van der Waals surface area (Å²) in [6, 6.07) is 4.31. The molecule has 1 N–H and O–H groups in total. The van der Waals surface area contributed by atoms with Gasteiger partial charge in [-0.2, -0.15) is 0 Å². The highest BCUT2D eigenvalue weighted by Crippen LogP contribution is 2.29. The Bertz CT molecular complexity index is 511. The van der Waals surface area contributed by atoms with E-state index in [0.717, 1.165) is 29.5 Å². The van der Waals surface area contributed by atoms with Crippen LogP contribution >= 0.6 is 0 Å². The second-order valence-corrected chi connectivity index (χ2v) is 6.31. The zero-order valence-corrected chi connectivity index (χ0v) is 17.7. The second-order valence-electron chi connectivity index (χ2n) is 6.31. The van der Waals surface area contributed by atoms with Crippen molar-refractivity contribution in [1.82, 2.24) is 0 Å². The SMILES string of the molecule is C=C(CCC)c1cc(OC(F)(F)F)ccc1C.CC.CCCCC(C)CO. The van der Waals surface area contributed by atoms with E-state index in [2.05, 4.69) is 25.2 Å². The Kier molecular flexibility index (Phi) is 16.0. The Morgan fingerprint density at radius 1 is 1.19 bits per heavy atom. The summed E-state index contributed by atoms with van der Waals surface area (Å²) >= 11 is 0. The molecule has 27 heavy (non-hydrogen) atoms. The van der Waals surface area contributed by atoms with Crippen molar-refractivity contribution in [3.63, 3.8) is 0 Å². The van der Waals surface area contributed by atoms with Gasteiger partial charge in [0.15, 0.2) is 0 Å². The highest BCUT2D eigenvalue weighted by atomic mass is 19.4. The van der Waals surface area contributed by atoms with Crippen molar-refractivity contribution in [2.24, 2.45) is 5.92 Å². The molecular weight excluding hydrogens is 353 g/mol. The number of aliphatic hydroxyl groups is 1. The van der Waals surface area contributed by atoms with Crippen molar-refractivity contribution < 1.29 is 23.0 Å². The van der Waals surface area contributed by atoms with Gasteiger partial charge in [-0.05, 0) is 54.5 Å². The molecule has 0 radical (unpaired) electrons. The van der Waals surface area contributed by atoms with E-state index in [0.29, 0.717) is 12.5 Å². The summed E-state index contributed by atoms with van der Waals surface area (Å²) in [7, 11) is 0. The topological polar surface area (TPSA) is 29.5 Å². The predicted molar refractivity (Wildman–Crippen MR) is 109 cm³/mol. The Morgan fingerprint density at radius 2 is 1.78 bits per heavy atom. The average molecular weight is 391 g/mol. The first-order valence-electron chi connectivity index (χ1n) is 9.79. The van der Waals surface area contributed by atoms with Gasteiger partial charge in [0.1, 0.15) is 5.75 Å². The van der Waals surface area contributed by atoms with Gasteiger partial charge in [0.25, 0.3) is 0 Å². The summed E-state index contributed by atoms with van der Waals surface area (Å²) in [6.07, 6.45) is 0.677. The third-order valence-corrected chi connectivity index (χ3v) is 3.74.